The van der Waals surface area contributed by atoms with Crippen molar-refractivity contribution in [2.24, 2.45) is 5.92 Å². The molecule has 2 aliphatic heterocycles. The van der Waals surface area contributed by atoms with Crippen molar-refractivity contribution in [1.29, 1.82) is 0 Å². The molecule has 0 unspecified atom stereocenters. The standard InChI is InChI=1S/C18H31N5O2/c24-18(20-5-1-2-7-22-9-6-19-16-22)23-8-3-4-17(15-23)14-21-10-12-25-13-11-21/h6,9,16-17H,1-5,7-8,10-15H2,(H,20,24)/t17-/m0/s1. The van der Waals surface area contributed by atoms with Crippen molar-refractivity contribution in [2.75, 3.05) is 52.5 Å². The summed E-state index contributed by atoms with van der Waals surface area (Å²) in [6, 6.07) is 0.106. The third-order valence-electron chi connectivity index (χ3n) is 5.10. The van der Waals surface area contributed by atoms with Gasteiger partial charge < -0.3 is 19.5 Å². The van der Waals surface area contributed by atoms with Crippen LogP contribution in [0, 0.1) is 5.92 Å². The van der Waals surface area contributed by atoms with Crippen molar-refractivity contribution in [1.82, 2.24) is 24.7 Å². The minimum atomic E-state index is 0.106. The fraction of sp³-hybridized carbons (Fsp3) is 0.778. The number of aryl methyl sites for hydroxylation is 1. The molecule has 7 heteroatoms. The Morgan fingerprint density at radius 3 is 2.92 bits per heavy atom. The summed E-state index contributed by atoms with van der Waals surface area (Å²) >= 11 is 0. The van der Waals surface area contributed by atoms with Crippen LogP contribution in [0.4, 0.5) is 4.79 Å². The Kier molecular flexibility index (Phi) is 7.11. The molecule has 25 heavy (non-hydrogen) atoms. The first-order valence-electron chi connectivity index (χ1n) is 9.60. The van der Waals surface area contributed by atoms with Crippen LogP contribution >= 0.6 is 0 Å². The van der Waals surface area contributed by atoms with Crippen LogP contribution in [0.2, 0.25) is 0 Å². The Morgan fingerprint density at radius 2 is 2.12 bits per heavy atom. The number of hydrogen-bond donors (Lipinski definition) is 1. The minimum Gasteiger partial charge on any atom is -0.379 e. The number of nitrogens with one attached hydrogen (secondary N) is 1. The largest absolute Gasteiger partial charge is 0.379 e. The molecule has 0 saturated carbocycles. The maximum atomic E-state index is 12.4. The van der Waals surface area contributed by atoms with Gasteiger partial charge in [-0.1, -0.05) is 0 Å². The maximum absolute atomic E-state index is 12.4. The molecule has 2 fully saturated rings. The molecule has 140 valence electrons. The molecule has 2 aliphatic rings. The quantitative estimate of drug-likeness (QED) is 0.756. The smallest absolute Gasteiger partial charge is 0.317 e. The SMILES string of the molecule is O=C(NCCCCn1ccnc1)N1CCC[C@@H](CN2CCOCC2)C1. The first-order chi connectivity index (χ1) is 12.3. The van der Waals surface area contributed by atoms with Gasteiger partial charge in [-0.2, -0.15) is 0 Å². The lowest BCUT2D eigenvalue weighted by molar-refractivity contribution is 0.0249. The summed E-state index contributed by atoms with van der Waals surface area (Å²) < 4.78 is 7.49. The van der Waals surface area contributed by atoms with E-state index in [0.29, 0.717) is 5.92 Å². The highest BCUT2D eigenvalue weighted by Crippen LogP contribution is 2.18. The van der Waals surface area contributed by atoms with Crippen molar-refractivity contribution in [2.45, 2.75) is 32.2 Å². The number of morpholine rings is 1. The second kappa shape index (κ2) is 9.77. The molecule has 2 saturated heterocycles. The average Bonchev–Trinajstić information content (AvgIpc) is 3.16. The summed E-state index contributed by atoms with van der Waals surface area (Å²) in [5.74, 6) is 0.596. The van der Waals surface area contributed by atoms with E-state index in [0.717, 1.165) is 78.3 Å². The van der Waals surface area contributed by atoms with E-state index >= 15 is 0 Å². The molecule has 7 nitrogen and oxygen atoms in total. The molecule has 0 aliphatic carbocycles. The van der Waals surface area contributed by atoms with Gasteiger partial charge in [0.05, 0.1) is 19.5 Å². The highest BCUT2D eigenvalue weighted by atomic mass is 16.5. The Bertz CT molecular complexity index is 502. The van der Waals surface area contributed by atoms with E-state index in [1.165, 1.54) is 6.42 Å². The topological polar surface area (TPSA) is 62.6 Å². The zero-order valence-electron chi connectivity index (χ0n) is 15.1. The van der Waals surface area contributed by atoms with Crippen molar-refractivity contribution in [3.05, 3.63) is 18.7 Å². The lowest BCUT2D eigenvalue weighted by Gasteiger charge is -2.36. The molecule has 1 atom stereocenters. The monoisotopic (exact) mass is 349 g/mol. The molecule has 0 spiro atoms. The summed E-state index contributed by atoms with van der Waals surface area (Å²) in [4.78, 5) is 20.9. The molecular weight excluding hydrogens is 318 g/mol. The Labute approximate surface area is 150 Å². The third kappa shape index (κ3) is 6.01. The number of nitrogens with zero attached hydrogens (tertiary/aromatic N) is 4. The normalized spacial score (nSPS) is 22.1. The van der Waals surface area contributed by atoms with Gasteiger partial charge in [0.1, 0.15) is 0 Å². The molecule has 1 aromatic heterocycles. The minimum absolute atomic E-state index is 0.106. The Hall–Kier alpha value is -1.60. The summed E-state index contributed by atoms with van der Waals surface area (Å²) in [5, 5.41) is 3.09. The molecule has 3 rings (SSSR count). The van der Waals surface area contributed by atoms with Crippen LogP contribution < -0.4 is 5.32 Å². The van der Waals surface area contributed by atoms with E-state index in [2.05, 4.69) is 19.8 Å². The molecule has 1 aromatic rings. The second-order valence-corrected chi connectivity index (χ2v) is 7.11. The lowest BCUT2D eigenvalue weighted by atomic mass is 9.97. The number of hydrogen-bond acceptors (Lipinski definition) is 4. The Morgan fingerprint density at radius 1 is 1.24 bits per heavy atom. The van der Waals surface area contributed by atoms with Crippen molar-refractivity contribution in [3.8, 4) is 0 Å². The first kappa shape index (κ1) is 18.2. The number of likely N-dealkylation sites (tertiary alicyclic amines) is 1. The number of ether oxygens (including phenoxy) is 1. The summed E-state index contributed by atoms with van der Waals surface area (Å²) in [6.07, 6.45) is 9.99. The van der Waals surface area contributed by atoms with Gasteiger partial charge in [-0.15, -0.1) is 0 Å². The van der Waals surface area contributed by atoms with Gasteiger partial charge in [0.25, 0.3) is 0 Å². The molecule has 0 bridgehead atoms. The van der Waals surface area contributed by atoms with E-state index in [9.17, 15) is 4.79 Å². The van der Waals surface area contributed by atoms with Gasteiger partial charge in [0.2, 0.25) is 0 Å². The number of imidazole rings is 1. The third-order valence-corrected chi connectivity index (χ3v) is 5.10. The van der Waals surface area contributed by atoms with Gasteiger partial charge >= 0.3 is 6.03 Å². The predicted molar refractivity (Wildman–Crippen MR) is 96.4 cm³/mol. The molecule has 0 aromatic carbocycles. The molecule has 0 radical (unpaired) electrons. The fourth-order valence-corrected chi connectivity index (χ4v) is 3.69. The van der Waals surface area contributed by atoms with Gasteiger partial charge in [0.15, 0.2) is 0 Å². The van der Waals surface area contributed by atoms with E-state index in [-0.39, 0.29) is 6.03 Å². The summed E-state index contributed by atoms with van der Waals surface area (Å²) in [5.41, 5.74) is 0. The number of piperidine rings is 1. The highest BCUT2D eigenvalue weighted by Gasteiger charge is 2.25. The number of urea groups is 1. The average molecular weight is 349 g/mol. The number of carbonyl (C=O) groups is 1. The number of amides is 2. The number of carbonyl (C=O) groups excluding carboxylic acids is 1. The molecule has 3 heterocycles. The summed E-state index contributed by atoms with van der Waals surface area (Å²) in [7, 11) is 0. The van der Waals surface area contributed by atoms with Crippen molar-refractivity contribution >= 4 is 6.03 Å². The highest BCUT2D eigenvalue weighted by molar-refractivity contribution is 5.74. The van der Waals surface area contributed by atoms with Crippen LogP contribution in [0.25, 0.3) is 0 Å². The van der Waals surface area contributed by atoms with E-state index in [1.807, 2.05) is 17.4 Å². The van der Waals surface area contributed by atoms with E-state index in [1.54, 1.807) is 6.20 Å². The first-order valence-corrected chi connectivity index (χ1v) is 9.60. The van der Waals surface area contributed by atoms with Crippen LogP contribution in [-0.2, 0) is 11.3 Å². The maximum Gasteiger partial charge on any atom is 0.317 e. The number of aromatic nitrogens is 2. The van der Waals surface area contributed by atoms with Gasteiger partial charge in [-0.25, -0.2) is 9.78 Å². The van der Waals surface area contributed by atoms with Gasteiger partial charge in [-0.05, 0) is 31.6 Å². The van der Waals surface area contributed by atoms with Crippen LogP contribution in [0.3, 0.4) is 0 Å². The fourth-order valence-electron chi connectivity index (χ4n) is 3.69. The lowest BCUT2D eigenvalue weighted by Crippen LogP contribution is -2.49. The van der Waals surface area contributed by atoms with Crippen molar-refractivity contribution < 1.29 is 9.53 Å². The molecule has 2 amide bonds. The zero-order valence-corrected chi connectivity index (χ0v) is 15.1. The van der Waals surface area contributed by atoms with Crippen molar-refractivity contribution in [3.63, 3.8) is 0 Å². The predicted octanol–water partition coefficient (Wildman–Crippen LogP) is 1.42. The van der Waals surface area contributed by atoms with Gasteiger partial charge in [0, 0.05) is 58.2 Å². The summed E-state index contributed by atoms with van der Waals surface area (Å²) in [6.45, 7) is 8.32. The second-order valence-electron chi connectivity index (χ2n) is 7.11. The Balaban J connectivity index is 1.30. The van der Waals surface area contributed by atoms with Crippen LogP contribution in [-0.4, -0.2) is 77.9 Å². The molecule has 1 N–H and O–H groups in total. The van der Waals surface area contributed by atoms with E-state index < -0.39 is 0 Å². The zero-order chi connectivity index (χ0) is 17.3. The van der Waals surface area contributed by atoms with Crippen LogP contribution in [0.15, 0.2) is 18.7 Å². The van der Waals surface area contributed by atoms with Crippen LogP contribution in [0.5, 0.6) is 0 Å². The number of rotatable bonds is 7. The van der Waals surface area contributed by atoms with Gasteiger partial charge in [-0.3, -0.25) is 4.90 Å². The van der Waals surface area contributed by atoms with E-state index in [4.69, 9.17) is 4.74 Å². The molecular formula is C18H31N5O2. The van der Waals surface area contributed by atoms with Crippen LogP contribution in [0.1, 0.15) is 25.7 Å². The number of unbranched alkanes of at least 4 members (excludes halogenated alkanes) is 1.